The molecule has 0 spiro atoms. The van der Waals surface area contributed by atoms with E-state index in [4.69, 9.17) is 20.6 Å². The molecule has 1 aromatic carbocycles. The van der Waals surface area contributed by atoms with Gasteiger partial charge in [0.05, 0.1) is 5.71 Å². The van der Waals surface area contributed by atoms with E-state index < -0.39 is 0 Å². The van der Waals surface area contributed by atoms with Crippen LogP contribution in [0.4, 0.5) is 0 Å². The van der Waals surface area contributed by atoms with Crippen LogP contribution in [0.5, 0.6) is 11.5 Å². The Hall–Kier alpha value is -2.24. The van der Waals surface area contributed by atoms with Crippen LogP contribution in [-0.2, 0) is 0 Å². The lowest BCUT2D eigenvalue weighted by Crippen LogP contribution is -2.26. The SMILES string of the molecule is C/C(=N\NC(=N)N)c1ccc2c(c1)OCO2. The number of guanidine groups is 1. The lowest BCUT2D eigenvalue weighted by molar-refractivity contribution is 0.174. The van der Waals surface area contributed by atoms with Crippen LogP contribution in [-0.4, -0.2) is 18.5 Å². The van der Waals surface area contributed by atoms with Gasteiger partial charge in [-0.25, -0.2) is 5.43 Å². The molecule has 0 radical (unpaired) electrons. The molecule has 2 rings (SSSR count). The molecule has 1 aliphatic heterocycles. The minimum absolute atomic E-state index is 0.194. The smallest absolute Gasteiger partial charge is 0.231 e. The number of benzene rings is 1. The van der Waals surface area contributed by atoms with Gasteiger partial charge in [-0.2, -0.15) is 5.10 Å². The molecule has 0 bridgehead atoms. The van der Waals surface area contributed by atoms with Crippen molar-refractivity contribution in [1.29, 1.82) is 5.41 Å². The molecule has 1 heterocycles. The van der Waals surface area contributed by atoms with Crippen LogP contribution in [0.15, 0.2) is 23.3 Å². The van der Waals surface area contributed by atoms with Gasteiger partial charge < -0.3 is 15.2 Å². The third-order valence-corrected chi connectivity index (χ3v) is 2.13. The second-order valence-electron chi connectivity index (χ2n) is 3.29. The molecule has 0 atom stereocenters. The molecule has 0 unspecified atom stereocenters. The first-order chi connectivity index (χ1) is 7.66. The second-order valence-corrected chi connectivity index (χ2v) is 3.29. The van der Waals surface area contributed by atoms with Crippen molar-refractivity contribution in [2.24, 2.45) is 10.8 Å². The van der Waals surface area contributed by atoms with E-state index >= 15 is 0 Å². The van der Waals surface area contributed by atoms with E-state index in [1.165, 1.54) is 0 Å². The number of ether oxygens (including phenoxy) is 2. The van der Waals surface area contributed by atoms with Gasteiger partial charge in [0, 0.05) is 5.56 Å². The highest BCUT2D eigenvalue weighted by molar-refractivity contribution is 5.99. The standard InChI is InChI=1S/C10H12N4O2/c1-6(13-14-10(11)12)7-2-3-8-9(4-7)16-5-15-8/h2-4H,5H2,1H3,(H4,11,12,14)/b13-6+. The predicted molar refractivity (Wildman–Crippen MR) is 59.8 cm³/mol. The van der Waals surface area contributed by atoms with Crippen molar-refractivity contribution in [3.8, 4) is 11.5 Å². The van der Waals surface area contributed by atoms with Gasteiger partial charge in [0.2, 0.25) is 12.8 Å². The van der Waals surface area contributed by atoms with Gasteiger partial charge in [0.1, 0.15) is 0 Å². The molecule has 0 saturated carbocycles. The summed E-state index contributed by atoms with van der Waals surface area (Å²) in [5.41, 5.74) is 9.12. The van der Waals surface area contributed by atoms with E-state index in [2.05, 4.69) is 10.5 Å². The molecule has 16 heavy (non-hydrogen) atoms. The van der Waals surface area contributed by atoms with Crippen LogP contribution < -0.4 is 20.6 Å². The zero-order chi connectivity index (χ0) is 11.5. The van der Waals surface area contributed by atoms with E-state index in [9.17, 15) is 0 Å². The third-order valence-electron chi connectivity index (χ3n) is 2.13. The average molecular weight is 220 g/mol. The molecule has 1 aliphatic rings. The van der Waals surface area contributed by atoms with Crippen molar-refractivity contribution in [3.63, 3.8) is 0 Å². The topological polar surface area (TPSA) is 92.7 Å². The van der Waals surface area contributed by atoms with E-state index in [-0.39, 0.29) is 12.8 Å². The molecule has 0 fully saturated rings. The summed E-state index contributed by atoms with van der Waals surface area (Å²) in [5.74, 6) is 1.24. The normalized spacial score (nSPS) is 13.7. The van der Waals surface area contributed by atoms with Gasteiger partial charge in [-0.3, -0.25) is 5.41 Å². The molecular weight excluding hydrogens is 208 g/mol. The van der Waals surface area contributed by atoms with E-state index in [1.807, 2.05) is 25.1 Å². The van der Waals surface area contributed by atoms with E-state index in [1.54, 1.807) is 0 Å². The number of nitrogens with zero attached hydrogens (tertiary/aromatic N) is 1. The van der Waals surface area contributed by atoms with E-state index in [0.717, 1.165) is 11.3 Å². The van der Waals surface area contributed by atoms with Crippen LogP contribution in [0, 0.1) is 5.41 Å². The van der Waals surface area contributed by atoms with Crippen LogP contribution in [0.3, 0.4) is 0 Å². The largest absolute Gasteiger partial charge is 0.454 e. The maximum Gasteiger partial charge on any atom is 0.231 e. The summed E-state index contributed by atoms with van der Waals surface area (Å²) >= 11 is 0. The maximum absolute atomic E-state index is 6.99. The van der Waals surface area contributed by atoms with Gasteiger partial charge in [0.15, 0.2) is 11.5 Å². The Kier molecular flexibility index (Phi) is 2.63. The Labute approximate surface area is 92.6 Å². The van der Waals surface area contributed by atoms with Crippen LogP contribution in [0.25, 0.3) is 0 Å². The fraction of sp³-hybridized carbons (Fsp3) is 0.200. The molecule has 1 aromatic rings. The molecule has 6 heteroatoms. The van der Waals surface area contributed by atoms with Crippen LogP contribution in [0.2, 0.25) is 0 Å². The van der Waals surface area contributed by atoms with Gasteiger partial charge in [-0.1, -0.05) is 0 Å². The van der Waals surface area contributed by atoms with Crippen LogP contribution in [0.1, 0.15) is 12.5 Å². The lowest BCUT2D eigenvalue weighted by Gasteiger charge is -2.03. The fourth-order valence-corrected chi connectivity index (χ4v) is 1.33. The van der Waals surface area contributed by atoms with Crippen molar-refractivity contribution in [3.05, 3.63) is 23.8 Å². The number of fused-ring (bicyclic) bond motifs is 1. The van der Waals surface area contributed by atoms with Gasteiger partial charge in [-0.05, 0) is 25.1 Å². The summed E-state index contributed by atoms with van der Waals surface area (Å²) < 4.78 is 10.4. The maximum atomic E-state index is 6.99. The van der Waals surface area contributed by atoms with Crippen molar-refractivity contribution < 1.29 is 9.47 Å². The first-order valence-corrected chi connectivity index (χ1v) is 4.71. The Balaban J connectivity index is 2.21. The highest BCUT2D eigenvalue weighted by Gasteiger charge is 2.13. The Bertz CT molecular complexity index is 456. The van der Waals surface area contributed by atoms with Gasteiger partial charge in [0.25, 0.3) is 0 Å². The summed E-state index contributed by atoms with van der Waals surface area (Å²) in [6.45, 7) is 2.06. The first-order valence-electron chi connectivity index (χ1n) is 4.71. The predicted octanol–water partition coefficient (Wildman–Crippen LogP) is 0.622. The third kappa shape index (κ3) is 2.05. The van der Waals surface area contributed by atoms with Crippen molar-refractivity contribution in [1.82, 2.24) is 5.43 Å². The summed E-state index contributed by atoms with van der Waals surface area (Å²) in [6.07, 6.45) is 0. The molecule has 0 amide bonds. The Morgan fingerprint density at radius 2 is 2.19 bits per heavy atom. The average Bonchev–Trinajstić information content (AvgIpc) is 2.72. The minimum atomic E-state index is -0.194. The summed E-state index contributed by atoms with van der Waals surface area (Å²) in [7, 11) is 0. The molecular formula is C10H12N4O2. The lowest BCUT2D eigenvalue weighted by atomic mass is 10.1. The molecule has 0 saturated heterocycles. The van der Waals surface area contributed by atoms with Crippen molar-refractivity contribution in [2.45, 2.75) is 6.92 Å². The summed E-state index contributed by atoms with van der Waals surface area (Å²) in [5, 5.41) is 10.9. The minimum Gasteiger partial charge on any atom is -0.454 e. The fourth-order valence-electron chi connectivity index (χ4n) is 1.33. The number of rotatable bonds is 2. The molecule has 0 aromatic heterocycles. The highest BCUT2D eigenvalue weighted by atomic mass is 16.7. The monoisotopic (exact) mass is 220 g/mol. The highest BCUT2D eigenvalue weighted by Crippen LogP contribution is 2.32. The Morgan fingerprint density at radius 1 is 1.44 bits per heavy atom. The summed E-state index contributed by atoms with van der Waals surface area (Å²) in [4.78, 5) is 0. The van der Waals surface area contributed by atoms with Crippen molar-refractivity contribution in [2.75, 3.05) is 6.79 Å². The molecule has 6 nitrogen and oxygen atoms in total. The number of hydrogen-bond acceptors (Lipinski definition) is 4. The second kappa shape index (κ2) is 4.09. The number of nitrogens with one attached hydrogen (secondary N) is 2. The van der Waals surface area contributed by atoms with E-state index in [0.29, 0.717) is 11.5 Å². The molecule has 84 valence electrons. The Morgan fingerprint density at radius 3 is 2.94 bits per heavy atom. The van der Waals surface area contributed by atoms with Crippen LogP contribution >= 0.6 is 0 Å². The first kappa shape index (κ1) is 10.3. The van der Waals surface area contributed by atoms with Crippen molar-refractivity contribution >= 4 is 11.7 Å². The molecule has 0 aliphatic carbocycles. The van der Waals surface area contributed by atoms with Gasteiger partial charge in [-0.15, -0.1) is 0 Å². The molecule has 4 N–H and O–H groups in total. The zero-order valence-electron chi connectivity index (χ0n) is 8.78. The number of hydrazone groups is 1. The number of nitrogens with two attached hydrogens (primary N) is 1. The number of hydrogen-bond donors (Lipinski definition) is 3. The quantitative estimate of drug-likeness (QED) is 0.387. The summed E-state index contributed by atoms with van der Waals surface area (Å²) in [6, 6.07) is 5.53. The van der Waals surface area contributed by atoms with Gasteiger partial charge >= 0.3 is 0 Å². The zero-order valence-corrected chi connectivity index (χ0v) is 8.78.